The zero-order chi connectivity index (χ0) is 25.8. The molecule has 3 aliphatic heterocycles. The number of para-hydroxylation sites is 1. The summed E-state index contributed by atoms with van der Waals surface area (Å²) in [6, 6.07) is 20.5. The van der Waals surface area contributed by atoms with Gasteiger partial charge in [0.1, 0.15) is 18.2 Å². The predicted octanol–water partition coefficient (Wildman–Crippen LogP) is 4.28. The Bertz CT molecular complexity index is 1220. The molecule has 0 saturated carbocycles. The van der Waals surface area contributed by atoms with Crippen LogP contribution < -0.4 is 17.3 Å². The molecule has 0 aromatic heterocycles. The van der Waals surface area contributed by atoms with Crippen molar-refractivity contribution >= 4 is 39.5 Å². The number of quaternary nitrogens is 1. The van der Waals surface area contributed by atoms with E-state index in [0.717, 1.165) is 53.7 Å². The molecule has 3 heterocycles. The molecule has 3 fully saturated rings. The number of rotatable bonds is 8. The fraction of sp³-hybridized carbons (Fsp3) is 0.345. The highest BCUT2D eigenvalue weighted by atomic mass is 79.9. The van der Waals surface area contributed by atoms with Crippen molar-refractivity contribution in [1.29, 1.82) is 0 Å². The Hall–Kier alpha value is -2.13. The van der Waals surface area contributed by atoms with Crippen molar-refractivity contribution in [3.05, 3.63) is 94.5 Å². The number of nitrogens with zero attached hydrogens (tertiary/aromatic N) is 2. The number of piperidine rings is 3. The molecule has 0 aliphatic carbocycles. The summed E-state index contributed by atoms with van der Waals surface area (Å²) < 4.78 is 36.3. The van der Waals surface area contributed by atoms with Crippen molar-refractivity contribution < 1.29 is 35.2 Å². The third kappa shape index (κ3) is 6.89. The minimum absolute atomic E-state index is 0. The summed E-state index contributed by atoms with van der Waals surface area (Å²) in [6.45, 7) is 4.12. The van der Waals surface area contributed by atoms with Crippen LogP contribution >= 0.6 is 27.7 Å². The quantitative estimate of drug-likeness (QED) is 0.277. The Morgan fingerprint density at radius 3 is 2.37 bits per heavy atom. The second-order valence-corrected chi connectivity index (χ2v) is 12.0. The highest BCUT2D eigenvalue weighted by Crippen LogP contribution is 2.37. The Morgan fingerprint density at radius 2 is 1.68 bits per heavy atom. The maximum absolute atomic E-state index is 14.7. The lowest BCUT2D eigenvalue weighted by atomic mass is 9.83. The molecular formula is C29H30BrClF2N2O2S. The van der Waals surface area contributed by atoms with Gasteiger partial charge in [-0.2, -0.15) is 0 Å². The fourth-order valence-corrected chi connectivity index (χ4v) is 6.75. The lowest BCUT2D eigenvalue weighted by Crippen LogP contribution is -3.00. The summed E-state index contributed by atoms with van der Waals surface area (Å²) in [5.41, 5.74) is 0.858. The van der Waals surface area contributed by atoms with Gasteiger partial charge in [-0.15, -0.1) is 11.8 Å². The largest absolute Gasteiger partial charge is 1.00 e. The number of carbonyl (C=O) groups is 1. The van der Waals surface area contributed by atoms with Crippen LogP contribution in [0.5, 0.6) is 0 Å². The molecule has 1 amide bonds. The Morgan fingerprint density at radius 1 is 1.00 bits per heavy atom. The van der Waals surface area contributed by atoms with E-state index in [1.54, 1.807) is 30.3 Å². The molecule has 0 radical (unpaired) electrons. The lowest BCUT2D eigenvalue weighted by Gasteiger charge is -2.52. The van der Waals surface area contributed by atoms with E-state index in [1.807, 2.05) is 11.8 Å². The van der Waals surface area contributed by atoms with Crippen LogP contribution in [-0.4, -0.2) is 48.6 Å². The first kappa shape index (κ1) is 28.9. The number of ether oxygens (including phenoxy) is 1. The molecule has 0 N–H and O–H groups in total. The van der Waals surface area contributed by atoms with E-state index in [2.05, 4.69) is 40.2 Å². The van der Waals surface area contributed by atoms with Gasteiger partial charge < -0.3 is 21.6 Å². The van der Waals surface area contributed by atoms with Gasteiger partial charge in [0, 0.05) is 33.9 Å². The zero-order valence-corrected chi connectivity index (χ0v) is 24.0. The standard InChI is InChI=1S/C29H30BrF2N2O2S.ClH/c30-23-7-11-25(12-8-23)37-18-17-34-15-13-22(14-16-34)28(20-34)36-29(35)33(27-4-2-1-3-26(27)32)19-21-5-9-24(31)10-6-21;/h1-12,22,28H,13-20H2;1H/q+1;/p-1/t22?,28-,34?;/m0./s1. The monoisotopic (exact) mass is 622 g/mol. The van der Waals surface area contributed by atoms with Crippen molar-refractivity contribution in [2.75, 3.05) is 36.8 Å². The molecule has 4 nitrogen and oxygen atoms in total. The number of amides is 1. The van der Waals surface area contributed by atoms with Crippen molar-refractivity contribution in [2.45, 2.75) is 30.4 Å². The van der Waals surface area contributed by atoms with Crippen LogP contribution in [0.15, 0.2) is 82.2 Å². The van der Waals surface area contributed by atoms with E-state index >= 15 is 0 Å². The Kier molecular flexibility index (Phi) is 9.74. The van der Waals surface area contributed by atoms with Crippen molar-refractivity contribution in [3.63, 3.8) is 0 Å². The normalized spacial score (nSPS) is 22.0. The number of thioether (sulfide) groups is 1. The van der Waals surface area contributed by atoms with Crippen LogP contribution in [0.4, 0.5) is 19.3 Å². The smallest absolute Gasteiger partial charge is 0.415 e. The van der Waals surface area contributed by atoms with Crippen LogP contribution in [0, 0.1) is 17.6 Å². The van der Waals surface area contributed by atoms with E-state index < -0.39 is 11.9 Å². The predicted molar refractivity (Wildman–Crippen MR) is 147 cm³/mol. The first-order valence-electron chi connectivity index (χ1n) is 12.6. The van der Waals surface area contributed by atoms with Gasteiger partial charge in [-0.1, -0.05) is 40.2 Å². The molecule has 38 heavy (non-hydrogen) atoms. The summed E-state index contributed by atoms with van der Waals surface area (Å²) in [6.07, 6.45) is 1.29. The molecule has 3 aliphatic rings. The Labute approximate surface area is 241 Å². The van der Waals surface area contributed by atoms with Gasteiger partial charge in [-0.3, -0.25) is 4.90 Å². The van der Waals surface area contributed by atoms with E-state index in [1.165, 1.54) is 28.0 Å². The molecule has 202 valence electrons. The minimum Gasteiger partial charge on any atom is -1.00 e. The first-order chi connectivity index (χ1) is 17.9. The molecular weight excluding hydrogens is 594 g/mol. The van der Waals surface area contributed by atoms with Gasteiger partial charge in [-0.05, 0) is 54.1 Å². The summed E-state index contributed by atoms with van der Waals surface area (Å²) >= 11 is 5.34. The van der Waals surface area contributed by atoms with E-state index in [9.17, 15) is 13.6 Å². The summed E-state index contributed by atoms with van der Waals surface area (Å²) in [7, 11) is 0. The van der Waals surface area contributed by atoms with Gasteiger partial charge >= 0.3 is 6.09 Å². The molecule has 0 unspecified atom stereocenters. The molecule has 1 atom stereocenters. The molecule has 2 bridgehead atoms. The first-order valence-corrected chi connectivity index (χ1v) is 14.4. The van der Waals surface area contributed by atoms with Crippen LogP contribution in [0.3, 0.4) is 0 Å². The molecule has 3 saturated heterocycles. The van der Waals surface area contributed by atoms with Crippen molar-refractivity contribution in [3.8, 4) is 0 Å². The summed E-state index contributed by atoms with van der Waals surface area (Å²) in [4.78, 5) is 16.1. The van der Waals surface area contributed by atoms with Crippen LogP contribution in [0.2, 0.25) is 0 Å². The average Bonchev–Trinajstić information content (AvgIpc) is 2.90. The topological polar surface area (TPSA) is 29.5 Å². The number of hydrogen-bond acceptors (Lipinski definition) is 3. The van der Waals surface area contributed by atoms with Gasteiger partial charge in [0.25, 0.3) is 0 Å². The number of halogens is 4. The lowest BCUT2D eigenvalue weighted by molar-refractivity contribution is -0.943. The van der Waals surface area contributed by atoms with Crippen LogP contribution in [-0.2, 0) is 11.3 Å². The average molecular weight is 624 g/mol. The van der Waals surface area contributed by atoms with Crippen LogP contribution in [0.1, 0.15) is 18.4 Å². The van der Waals surface area contributed by atoms with Gasteiger partial charge in [0.15, 0.2) is 6.10 Å². The maximum Gasteiger partial charge on any atom is 0.415 e. The molecule has 9 heteroatoms. The minimum atomic E-state index is -0.560. The summed E-state index contributed by atoms with van der Waals surface area (Å²) in [5.74, 6) is 0.475. The number of anilines is 1. The molecule has 3 aromatic carbocycles. The van der Waals surface area contributed by atoms with Gasteiger partial charge in [0.05, 0.1) is 31.9 Å². The second-order valence-electron chi connectivity index (χ2n) is 9.92. The molecule has 0 spiro atoms. The maximum atomic E-state index is 14.7. The Balaban J connectivity index is 0.00000336. The SMILES string of the molecule is O=C(O[C@H]1C[N+]2(CCSc3ccc(Br)cc3)CCC1CC2)N(Cc1ccc(F)cc1)c1ccccc1F.[Cl-]. The fourth-order valence-electron chi connectivity index (χ4n) is 5.44. The number of fused-ring (bicyclic) bond motifs is 3. The third-order valence-corrected chi connectivity index (χ3v) is 9.08. The van der Waals surface area contributed by atoms with E-state index in [4.69, 9.17) is 4.74 Å². The molecule has 6 rings (SSSR count). The highest BCUT2D eigenvalue weighted by molar-refractivity contribution is 9.10. The zero-order valence-electron chi connectivity index (χ0n) is 20.9. The summed E-state index contributed by atoms with van der Waals surface area (Å²) in [5, 5.41) is 0. The van der Waals surface area contributed by atoms with E-state index in [-0.39, 0.29) is 36.6 Å². The molecule has 3 aromatic rings. The van der Waals surface area contributed by atoms with Crippen molar-refractivity contribution in [1.82, 2.24) is 0 Å². The van der Waals surface area contributed by atoms with Crippen LogP contribution in [0.25, 0.3) is 0 Å². The number of hydrogen-bond donors (Lipinski definition) is 0. The highest BCUT2D eigenvalue weighted by Gasteiger charge is 2.47. The van der Waals surface area contributed by atoms with E-state index in [0.29, 0.717) is 11.5 Å². The number of benzene rings is 3. The second kappa shape index (κ2) is 12.8. The van der Waals surface area contributed by atoms with Gasteiger partial charge in [-0.25, -0.2) is 13.6 Å². The van der Waals surface area contributed by atoms with Crippen molar-refractivity contribution in [2.24, 2.45) is 5.92 Å². The number of carbonyl (C=O) groups excluding carboxylic acids is 1. The third-order valence-electron chi connectivity index (χ3n) is 7.56. The van der Waals surface area contributed by atoms with Gasteiger partial charge in [0.2, 0.25) is 0 Å².